The van der Waals surface area contributed by atoms with Gasteiger partial charge >= 0.3 is 0 Å². The number of aromatic nitrogens is 5. The van der Waals surface area contributed by atoms with E-state index in [0.29, 0.717) is 6.54 Å². The second kappa shape index (κ2) is 2.91. The predicted octanol–water partition coefficient (Wildman–Crippen LogP) is 1.04. The molecule has 3 rings (SSSR count). The Bertz CT molecular complexity index is 506. The molecule has 0 spiro atoms. The molecule has 0 unspecified atom stereocenters. The lowest BCUT2D eigenvalue weighted by atomic mass is 10.5. The smallest absolute Gasteiger partial charge is 0.193 e. The fourth-order valence-corrected chi connectivity index (χ4v) is 2.05. The van der Waals surface area contributed by atoms with E-state index in [0.717, 1.165) is 10.7 Å². The fraction of sp³-hybridized carbons (Fsp3) is 0.125. The van der Waals surface area contributed by atoms with Crippen LogP contribution in [-0.4, -0.2) is 24.1 Å². The molecule has 3 heterocycles. The van der Waals surface area contributed by atoms with Crippen LogP contribution in [0.5, 0.6) is 0 Å². The van der Waals surface area contributed by atoms with E-state index in [-0.39, 0.29) is 0 Å². The van der Waals surface area contributed by atoms with Crippen LogP contribution in [0.2, 0.25) is 0 Å². The van der Waals surface area contributed by atoms with Crippen molar-refractivity contribution in [2.24, 2.45) is 0 Å². The van der Waals surface area contributed by atoms with E-state index >= 15 is 0 Å². The maximum Gasteiger partial charge on any atom is 0.193 e. The quantitative estimate of drug-likeness (QED) is 0.628. The first-order valence-electron chi connectivity index (χ1n) is 4.15. The standard InChI is InChI=1S/C8H7N5S/c1-2-14-8-11-7(3-12(1)8)4-13-6-9-5-10-13/h1-3,5-6H,4H2. The summed E-state index contributed by atoms with van der Waals surface area (Å²) >= 11 is 1.63. The summed E-state index contributed by atoms with van der Waals surface area (Å²) in [6.45, 7) is 0.675. The summed E-state index contributed by atoms with van der Waals surface area (Å²) in [5, 5.41) is 6.04. The Hall–Kier alpha value is -1.69. The van der Waals surface area contributed by atoms with Gasteiger partial charge in [0.05, 0.1) is 12.2 Å². The second-order valence-electron chi connectivity index (χ2n) is 2.92. The third kappa shape index (κ3) is 1.20. The molecule has 70 valence electrons. The highest BCUT2D eigenvalue weighted by Crippen LogP contribution is 2.11. The van der Waals surface area contributed by atoms with Crippen molar-refractivity contribution in [1.82, 2.24) is 24.1 Å². The number of hydrogen-bond acceptors (Lipinski definition) is 4. The molecule has 14 heavy (non-hydrogen) atoms. The number of rotatable bonds is 2. The van der Waals surface area contributed by atoms with Crippen LogP contribution in [0.3, 0.4) is 0 Å². The Morgan fingerprint density at radius 1 is 1.43 bits per heavy atom. The summed E-state index contributed by atoms with van der Waals surface area (Å²) in [6.07, 6.45) is 7.22. The Kier molecular flexibility index (Phi) is 1.60. The Balaban J connectivity index is 1.95. The molecule has 0 amide bonds. The third-order valence-electron chi connectivity index (χ3n) is 1.93. The van der Waals surface area contributed by atoms with Crippen LogP contribution in [0, 0.1) is 0 Å². The number of imidazole rings is 1. The van der Waals surface area contributed by atoms with Crippen LogP contribution in [0.15, 0.2) is 30.4 Å². The minimum absolute atomic E-state index is 0.675. The normalized spacial score (nSPS) is 11.1. The van der Waals surface area contributed by atoms with Crippen molar-refractivity contribution in [2.45, 2.75) is 6.54 Å². The molecule has 0 aliphatic heterocycles. The average Bonchev–Trinajstić information content (AvgIpc) is 2.78. The van der Waals surface area contributed by atoms with Gasteiger partial charge in [0.25, 0.3) is 0 Å². The van der Waals surface area contributed by atoms with E-state index in [1.807, 2.05) is 22.2 Å². The number of nitrogens with zero attached hydrogens (tertiary/aromatic N) is 5. The molecule has 0 saturated heterocycles. The predicted molar refractivity (Wildman–Crippen MR) is 52.2 cm³/mol. The summed E-state index contributed by atoms with van der Waals surface area (Å²) in [7, 11) is 0. The van der Waals surface area contributed by atoms with Crippen LogP contribution in [-0.2, 0) is 6.54 Å². The highest BCUT2D eigenvalue weighted by atomic mass is 32.1. The van der Waals surface area contributed by atoms with Crippen LogP contribution in [0.25, 0.3) is 4.96 Å². The number of hydrogen-bond donors (Lipinski definition) is 0. The maximum absolute atomic E-state index is 4.44. The molecule has 0 aliphatic rings. The minimum atomic E-state index is 0.675. The summed E-state index contributed by atoms with van der Waals surface area (Å²) in [5.74, 6) is 0. The first-order valence-corrected chi connectivity index (χ1v) is 5.03. The van der Waals surface area contributed by atoms with Gasteiger partial charge in [0.1, 0.15) is 12.7 Å². The zero-order chi connectivity index (χ0) is 9.38. The van der Waals surface area contributed by atoms with E-state index in [4.69, 9.17) is 0 Å². The van der Waals surface area contributed by atoms with Gasteiger partial charge < -0.3 is 0 Å². The van der Waals surface area contributed by atoms with Crippen LogP contribution in [0.1, 0.15) is 5.69 Å². The van der Waals surface area contributed by atoms with E-state index in [9.17, 15) is 0 Å². The van der Waals surface area contributed by atoms with Crippen LogP contribution < -0.4 is 0 Å². The first-order chi connectivity index (χ1) is 6.92. The zero-order valence-electron chi connectivity index (χ0n) is 7.24. The fourth-order valence-electron chi connectivity index (χ4n) is 1.33. The molecule has 0 aromatic carbocycles. The van der Waals surface area contributed by atoms with Crippen molar-refractivity contribution in [3.8, 4) is 0 Å². The van der Waals surface area contributed by atoms with E-state index in [1.54, 1.807) is 22.3 Å². The van der Waals surface area contributed by atoms with Gasteiger partial charge in [-0.05, 0) is 0 Å². The molecule has 0 atom stereocenters. The molecule has 0 saturated carbocycles. The van der Waals surface area contributed by atoms with Gasteiger partial charge in [0.15, 0.2) is 4.96 Å². The second-order valence-corrected chi connectivity index (χ2v) is 3.79. The minimum Gasteiger partial charge on any atom is -0.297 e. The SMILES string of the molecule is c1ncn(Cc2cn3ccsc3n2)n1. The van der Waals surface area contributed by atoms with E-state index in [1.165, 1.54) is 6.33 Å². The van der Waals surface area contributed by atoms with Gasteiger partial charge in [0.2, 0.25) is 0 Å². The molecule has 5 nitrogen and oxygen atoms in total. The summed E-state index contributed by atoms with van der Waals surface area (Å²) in [4.78, 5) is 9.33. The molecule has 3 aromatic heterocycles. The van der Waals surface area contributed by atoms with E-state index < -0.39 is 0 Å². The highest BCUT2D eigenvalue weighted by molar-refractivity contribution is 7.15. The van der Waals surface area contributed by atoms with Crippen molar-refractivity contribution < 1.29 is 0 Å². The van der Waals surface area contributed by atoms with Crippen molar-refractivity contribution in [3.63, 3.8) is 0 Å². The van der Waals surface area contributed by atoms with Gasteiger partial charge in [-0.3, -0.25) is 4.40 Å². The lowest BCUT2D eigenvalue weighted by Crippen LogP contribution is -1.99. The van der Waals surface area contributed by atoms with Crippen molar-refractivity contribution >= 4 is 16.3 Å². The largest absolute Gasteiger partial charge is 0.297 e. The molecule has 6 heteroatoms. The van der Waals surface area contributed by atoms with Crippen molar-refractivity contribution in [1.29, 1.82) is 0 Å². The molecule has 0 aliphatic carbocycles. The van der Waals surface area contributed by atoms with Crippen LogP contribution >= 0.6 is 11.3 Å². The van der Waals surface area contributed by atoms with Crippen molar-refractivity contribution in [3.05, 3.63) is 36.1 Å². The van der Waals surface area contributed by atoms with Crippen LogP contribution in [0.4, 0.5) is 0 Å². The molecule has 0 fully saturated rings. The van der Waals surface area contributed by atoms with Gasteiger partial charge in [-0.25, -0.2) is 14.6 Å². The van der Waals surface area contributed by atoms with Gasteiger partial charge in [-0.15, -0.1) is 11.3 Å². The molecule has 0 N–H and O–H groups in total. The summed E-state index contributed by atoms with van der Waals surface area (Å²) in [5.41, 5.74) is 1.00. The zero-order valence-corrected chi connectivity index (χ0v) is 8.05. The van der Waals surface area contributed by atoms with Gasteiger partial charge in [-0.1, -0.05) is 0 Å². The molecule has 3 aromatic rings. The lowest BCUT2D eigenvalue weighted by Gasteiger charge is -1.93. The Morgan fingerprint density at radius 3 is 3.21 bits per heavy atom. The highest BCUT2D eigenvalue weighted by Gasteiger charge is 2.02. The monoisotopic (exact) mass is 205 g/mol. The Labute approximate surface area is 83.7 Å². The topological polar surface area (TPSA) is 48.0 Å². The Morgan fingerprint density at radius 2 is 2.43 bits per heavy atom. The average molecular weight is 205 g/mol. The lowest BCUT2D eigenvalue weighted by molar-refractivity contribution is 0.674. The molecule has 0 bridgehead atoms. The summed E-state index contributed by atoms with van der Waals surface area (Å²) < 4.78 is 3.77. The number of thiazole rings is 1. The molecular formula is C8H7N5S. The summed E-state index contributed by atoms with van der Waals surface area (Å²) in [6, 6.07) is 0. The first kappa shape index (κ1) is 7.69. The number of fused-ring (bicyclic) bond motifs is 1. The van der Waals surface area contributed by atoms with Gasteiger partial charge in [0, 0.05) is 17.8 Å². The third-order valence-corrected chi connectivity index (χ3v) is 2.70. The van der Waals surface area contributed by atoms with E-state index in [2.05, 4.69) is 15.1 Å². The molecule has 0 radical (unpaired) electrons. The maximum atomic E-state index is 4.44. The molecular weight excluding hydrogens is 198 g/mol. The van der Waals surface area contributed by atoms with Crippen molar-refractivity contribution in [2.75, 3.05) is 0 Å². The van der Waals surface area contributed by atoms with Gasteiger partial charge in [-0.2, -0.15) is 5.10 Å².